The Hall–Kier alpha value is -0.990. The molecule has 0 saturated carbocycles. The van der Waals surface area contributed by atoms with Crippen LogP contribution in [0.3, 0.4) is 0 Å². The van der Waals surface area contributed by atoms with Gasteiger partial charge in [-0.05, 0) is 39.2 Å². The molecule has 0 amide bonds. The molecule has 0 N–H and O–H groups in total. The van der Waals surface area contributed by atoms with Gasteiger partial charge in [0.2, 0.25) is 0 Å². The topological polar surface area (TPSA) is 35.5 Å². The van der Waals surface area contributed by atoms with Gasteiger partial charge in [0.25, 0.3) is 0 Å². The number of esters is 1. The van der Waals surface area contributed by atoms with Crippen molar-refractivity contribution in [2.45, 2.75) is 39.5 Å². The van der Waals surface area contributed by atoms with E-state index in [-0.39, 0.29) is 11.9 Å². The van der Waals surface area contributed by atoms with Crippen molar-refractivity contribution in [3.05, 3.63) is 11.8 Å². The van der Waals surface area contributed by atoms with Gasteiger partial charge in [-0.15, -0.1) is 0 Å². The fourth-order valence-electron chi connectivity index (χ4n) is 1.88. The molecule has 1 rings (SSSR count). The summed E-state index contributed by atoms with van der Waals surface area (Å²) in [7, 11) is 0. The molecule has 0 bridgehead atoms. The average molecular weight is 212 g/mol. The van der Waals surface area contributed by atoms with E-state index in [0.29, 0.717) is 19.6 Å². The molecule has 0 saturated heterocycles. The second kappa shape index (κ2) is 6.49. The molecule has 1 atom stereocenters. The van der Waals surface area contributed by atoms with Gasteiger partial charge in [0.05, 0.1) is 25.4 Å². The van der Waals surface area contributed by atoms with Gasteiger partial charge >= 0.3 is 5.97 Å². The van der Waals surface area contributed by atoms with E-state index in [1.165, 1.54) is 0 Å². The summed E-state index contributed by atoms with van der Waals surface area (Å²) < 4.78 is 10.5. The molecule has 0 fully saturated rings. The zero-order valence-electron chi connectivity index (χ0n) is 9.62. The van der Waals surface area contributed by atoms with Crippen LogP contribution in [0.5, 0.6) is 0 Å². The van der Waals surface area contributed by atoms with Gasteiger partial charge in [0.15, 0.2) is 0 Å². The highest BCUT2D eigenvalue weighted by atomic mass is 16.5. The summed E-state index contributed by atoms with van der Waals surface area (Å²) in [6, 6.07) is 0. The first-order valence-electron chi connectivity index (χ1n) is 5.76. The molecular formula is C12H20O3. The molecule has 86 valence electrons. The van der Waals surface area contributed by atoms with Crippen molar-refractivity contribution in [2.75, 3.05) is 13.2 Å². The predicted octanol–water partition coefficient (Wildman–Crippen LogP) is 2.66. The Labute approximate surface area is 91.4 Å². The third-order valence-electron chi connectivity index (χ3n) is 2.53. The first-order valence-corrected chi connectivity index (χ1v) is 5.76. The van der Waals surface area contributed by atoms with E-state index >= 15 is 0 Å². The van der Waals surface area contributed by atoms with Crippen molar-refractivity contribution in [1.82, 2.24) is 0 Å². The molecule has 3 heteroatoms. The molecular weight excluding hydrogens is 192 g/mol. The Morgan fingerprint density at radius 2 is 2.27 bits per heavy atom. The molecule has 0 aliphatic heterocycles. The van der Waals surface area contributed by atoms with Crippen molar-refractivity contribution in [2.24, 2.45) is 5.92 Å². The van der Waals surface area contributed by atoms with Crippen molar-refractivity contribution in [1.29, 1.82) is 0 Å². The maximum Gasteiger partial charge on any atom is 0.306 e. The molecule has 0 aromatic carbocycles. The molecule has 0 aromatic rings. The van der Waals surface area contributed by atoms with Crippen LogP contribution < -0.4 is 0 Å². The van der Waals surface area contributed by atoms with Gasteiger partial charge in [-0.1, -0.05) is 0 Å². The zero-order valence-corrected chi connectivity index (χ0v) is 9.62. The van der Waals surface area contributed by atoms with E-state index < -0.39 is 0 Å². The number of allylic oxidation sites excluding steroid dienone is 2. The Morgan fingerprint density at radius 3 is 2.93 bits per heavy atom. The Morgan fingerprint density at radius 1 is 1.47 bits per heavy atom. The quantitative estimate of drug-likeness (QED) is 0.657. The highest BCUT2D eigenvalue weighted by molar-refractivity contribution is 5.70. The Balaban J connectivity index is 2.47. The minimum absolute atomic E-state index is 0.116. The zero-order chi connectivity index (χ0) is 11.1. The lowest BCUT2D eigenvalue weighted by molar-refractivity contribution is -0.144. The highest BCUT2D eigenvalue weighted by Gasteiger charge is 2.22. The third kappa shape index (κ3) is 3.94. The molecule has 0 spiro atoms. The van der Waals surface area contributed by atoms with Gasteiger partial charge in [-0.2, -0.15) is 0 Å². The molecule has 0 aromatic heterocycles. The van der Waals surface area contributed by atoms with Gasteiger partial charge in [0, 0.05) is 5.92 Å². The predicted molar refractivity (Wildman–Crippen MR) is 58.3 cm³/mol. The van der Waals surface area contributed by atoms with Gasteiger partial charge in [-0.25, -0.2) is 0 Å². The maximum atomic E-state index is 11.4. The summed E-state index contributed by atoms with van der Waals surface area (Å²) in [5, 5.41) is 0. The number of carbonyl (C=O) groups is 1. The van der Waals surface area contributed by atoms with E-state index in [1.807, 2.05) is 13.8 Å². The van der Waals surface area contributed by atoms with Crippen LogP contribution in [0.1, 0.15) is 39.5 Å². The smallest absolute Gasteiger partial charge is 0.306 e. The van der Waals surface area contributed by atoms with Crippen LogP contribution in [0.4, 0.5) is 0 Å². The molecule has 1 aliphatic carbocycles. The standard InChI is InChI=1S/C12H20O3/c1-3-14-11-8-6-5-7-10(11)9-12(13)15-4-2/h8,10H,3-7,9H2,1-2H3/t10-/m1/s1. The van der Waals surface area contributed by atoms with Gasteiger partial charge in [-0.3, -0.25) is 4.79 Å². The monoisotopic (exact) mass is 212 g/mol. The molecule has 15 heavy (non-hydrogen) atoms. The van der Waals surface area contributed by atoms with Crippen molar-refractivity contribution in [3.8, 4) is 0 Å². The molecule has 1 aliphatic rings. The van der Waals surface area contributed by atoms with E-state index in [4.69, 9.17) is 9.47 Å². The van der Waals surface area contributed by atoms with Crippen LogP contribution in [0.25, 0.3) is 0 Å². The first-order chi connectivity index (χ1) is 7.27. The lowest BCUT2D eigenvalue weighted by Crippen LogP contribution is -2.17. The molecule has 0 radical (unpaired) electrons. The fraction of sp³-hybridized carbons (Fsp3) is 0.750. The van der Waals surface area contributed by atoms with Crippen LogP contribution in [0.2, 0.25) is 0 Å². The van der Waals surface area contributed by atoms with E-state index in [1.54, 1.807) is 0 Å². The van der Waals surface area contributed by atoms with Crippen molar-refractivity contribution < 1.29 is 14.3 Å². The summed E-state index contributed by atoms with van der Waals surface area (Å²) in [5.74, 6) is 1.10. The van der Waals surface area contributed by atoms with Crippen LogP contribution in [0.15, 0.2) is 11.8 Å². The molecule has 3 nitrogen and oxygen atoms in total. The van der Waals surface area contributed by atoms with Gasteiger partial charge < -0.3 is 9.47 Å². The Kier molecular flexibility index (Phi) is 5.22. The van der Waals surface area contributed by atoms with Crippen LogP contribution in [0, 0.1) is 5.92 Å². The van der Waals surface area contributed by atoms with E-state index in [2.05, 4.69) is 6.08 Å². The minimum Gasteiger partial charge on any atom is -0.498 e. The summed E-state index contributed by atoms with van der Waals surface area (Å²) in [6.45, 7) is 4.93. The highest BCUT2D eigenvalue weighted by Crippen LogP contribution is 2.28. The molecule has 0 unspecified atom stereocenters. The van der Waals surface area contributed by atoms with Crippen LogP contribution in [-0.2, 0) is 14.3 Å². The number of carbonyl (C=O) groups excluding carboxylic acids is 1. The fourth-order valence-corrected chi connectivity index (χ4v) is 1.88. The summed E-state index contributed by atoms with van der Waals surface area (Å²) in [5.41, 5.74) is 0. The Bertz CT molecular complexity index is 233. The van der Waals surface area contributed by atoms with Gasteiger partial charge in [0.1, 0.15) is 0 Å². The molecule has 0 heterocycles. The normalized spacial score (nSPS) is 20.7. The van der Waals surface area contributed by atoms with E-state index in [0.717, 1.165) is 25.0 Å². The van der Waals surface area contributed by atoms with Crippen LogP contribution >= 0.6 is 0 Å². The number of hydrogen-bond donors (Lipinski definition) is 0. The lowest BCUT2D eigenvalue weighted by atomic mass is 9.91. The number of hydrogen-bond acceptors (Lipinski definition) is 3. The third-order valence-corrected chi connectivity index (χ3v) is 2.53. The summed E-state index contributed by atoms with van der Waals surface area (Å²) in [6.07, 6.45) is 5.80. The number of ether oxygens (including phenoxy) is 2. The number of rotatable bonds is 5. The first kappa shape index (κ1) is 12.1. The van der Waals surface area contributed by atoms with E-state index in [9.17, 15) is 4.79 Å². The average Bonchev–Trinajstić information content (AvgIpc) is 2.21. The SMILES string of the molecule is CCOC(=O)C[C@H]1CCCC=C1OCC. The van der Waals surface area contributed by atoms with Crippen molar-refractivity contribution in [3.63, 3.8) is 0 Å². The largest absolute Gasteiger partial charge is 0.498 e. The summed E-state index contributed by atoms with van der Waals surface area (Å²) in [4.78, 5) is 11.4. The minimum atomic E-state index is -0.116. The van der Waals surface area contributed by atoms with Crippen LogP contribution in [-0.4, -0.2) is 19.2 Å². The summed E-state index contributed by atoms with van der Waals surface area (Å²) >= 11 is 0. The maximum absolute atomic E-state index is 11.4. The van der Waals surface area contributed by atoms with Crippen molar-refractivity contribution >= 4 is 5.97 Å². The second-order valence-corrected chi connectivity index (χ2v) is 3.68. The lowest BCUT2D eigenvalue weighted by Gasteiger charge is -2.23. The second-order valence-electron chi connectivity index (χ2n) is 3.68.